The number of benzene rings is 3. The fourth-order valence-electron chi connectivity index (χ4n) is 5.91. The Bertz CT molecular complexity index is 1540. The predicted molar refractivity (Wildman–Crippen MR) is 196 cm³/mol. The standard InChI is InChI=1S/C38H51N7O5/c1-40-22-9-23-43(3)37(48)30-14-16-31(17-15-30)45(34-13-8-7-12-33(34)29-10-5-4-6-11-29)38(49)50-32-19-24-44(25-20-32)27-26-42(2)28-36(47)41-35(46)18-21-39/h4-8,10-17,32,40H,9,18-28,39H2,1-3H3,(H,41,46,47). The fraction of sp³-hybridized carbons (Fsp3) is 0.421. The SMILES string of the molecule is CNCCCN(C)C(=O)c1ccc(N(C(=O)OC2CCN(CCN(C)CC(=O)NC(=O)CCN)CC2)c2ccccc2-c2ccccc2)cc1. The number of ether oxygens (including phenoxy) is 1. The van der Waals surface area contributed by atoms with Crippen molar-refractivity contribution in [2.24, 2.45) is 5.73 Å². The Labute approximate surface area is 295 Å². The van der Waals surface area contributed by atoms with Crippen LogP contribution in [0.25, 0.3) is 11.1 Å². The molecule has 12 heteroatoms. The van der Waals surface area contributed by atoms with E-state index in [9.17, 15) is 19.2 Å². The van der Waals surface area contributed by atoms with Gasteiger partial charge >= 0.3 is 6.09 Å². The first kappa shape index (κ1) is 38.2. The number of amides is 4. The highest BCUT2D eigenvalue weighted by atomic mass is 16.6. The topological polar surface area (TPSA) is 141 Å². The third-order valence-corrected chi connectivity index (χ3v) is 8.72. The molecule has 0 spiro atoms. The van der Waals surface area contributed by atoms with Crippen LogP contribution in [-0.2, 0) is 14.3 Å². The number of hydrogen-bond donors (Lipinski definition) is 3. The molecule has 4 N–H and O–H groups in total. The maximum atomic E-state index is 14.1. The summed E-state index contributed by atoms with van der Waals surface area (Å²) < 4.78 is 6.18. The van der Waals surface area contributed by atoms with Crippen LogP contribution in [0.4, 0.5) is 16.2 Å². The Balaban J connectivity index is 1.43. The number of likely N-dealkylation sites (N-methyl/N-ethyl adjacent to an activating group) is 1. The molecule has 1 heterocycles. The molecule has 12 nitrogen and oxygen atoms in total. The molecule has 50 heavy (non-hydrogen) atoms. The Morgan fingerprint density at radius 3 is 2.24 bits per heavy atom. The molecular weight excluding hydrogens is 634 g/mol. The minimum atomic E-state index is -0.481. The van der Waals surface area contributed by atoms with Gasteiger partial charge in [0, 0.05) is 63.9 Å². The lowest BCUT2D eigenvalue weighted by Gasteiger charge is -2.34. The van der Waals surface area contributed by atoms with Crippen LogP contribution >= 0.6 is 0 Å². The van der Waals surface area contributed by atoms with Gasteiger partial charge in [-0.05, 0) is 75.8 Å². The molecule has 0 aliphatic carbocycles. The number of imide groups is 1. The molecule has 0 unspecified atom stereocenters. The highest BCUT2D eigenvalue weighted by molar-refractivity contribution is 6.01. The van der Waals surface area contributed by atoms with E-state index < -0.39 is 6.09 Å². The summed E-state index contributed by atoms with van der Waals surface area (Å²) in [5, 5.41) is 5.46. The summed E-state index contributed by atoms with van der Waals surface area (Å²) in [6.45, 7) is 4.65. The first-order chi connectivity index (χ1) is 24.2. The summed E-state index contributed by atoms with van der Waals surface area (Å²) in [5.41, 5.74) is 9.05. The highest BCUT2D eigenvalue weighted by Gasteiger charge is 2.28. The van der Waals surface area contributed by atoms with E-state index in [4.69, 9.17) is 10.5 Å². The van der Waals surface area contributed by atoms with Crippen molar-refractivity contribution in [1.29, 1.82) is 0 Å². The number of hydrogen-bond acceptors (Lipinski definition) is 9. The van der Waals surface area contributed by atoms with Crippen molar-refractivity contribution in [2.75, 3.05) is 78.4 Å². The van der Waals surface area contributed by atoms with Gasteiger partial charge in [-0.1, -0.05) is 48.5 Å². The second-order valence-electron chi connectivity index (χ2n) is 12.6. The van der Waals surface area contributed by atoms with Gasteiger partial charge in [-0.2, -0.15) is 0 Å². The molecule has 1 aliphatic heterocycles. The minimum Gasteiger partial charge on any atom is -0.445 e. The van der Waals surface area contributed by atoms with Crippen molar-refractivity contribution in [2.45, 2.75) is 31.8 Å². The molecule has 3 aromatic carbocycles. The van der Waals surface area contributed by atoms with Crippen molar-refractivity contribution >= 4 is 35.2 Å². The minimum absolute atomic E-state index is 0.0784. The Hall–Kier alpha value is -4.62. The Kier molecular flexibility index (Phi) is 14.9. The molecule has 4 amide bonds. The molecule has 0 aromatic heterocycles. The van der Waals surface area contributed by atoms with Gasteiger partial charge in [0.2, 0.25) is 11.8 Å². The van der Waals surface area contributed by atoms with E-state index in [1.807, 2.05) is 73.6 Å². The maximum absolute atomic E-state index is 14.1. The molecular formula is C38H51N7O5. The second-order valence-corrected chi connectivity index (χ2v) is 12.6. The zero-order valence-electron chi connectivity index (χ0n) is 29.5. The monoisotopic (exact) mass is 685 g/mol. The molecule has 0 saturated carbocycles. The summed E-state index contributed by atoms with van der Waals surface area (Å²) in [7, 11) is 5.53. The van der Waals surface area contributed by atoms with Crippen LogP contribution in [0.15, 0.2) is 78.9 Å². The van der Waals surface area contributed by atoms with Crippen molar-refractivity contribution < 1.29 is 23.9 Å². The van der Waals surface area contributed by atoms with Crippen molar-refractivity contribution in [3.05, 3.63) is 84.4 Å². The quantitative estimate of drug-likeness (QED) is 0.193. The van der Waals surface area contributed by atoms with Gasteiger partial charge in [-0.3, -0.25) is 24.6 Å². The van der Waals surface area contributed by atoms with Crippen LogP contribution < -0.4 is 21.3 Å². The molecule has 268 valence electrons. The number of nitrogens with two attached hydrogens (primary N) is 1. The number of carbonyl (C=O) groups is 4. The molecule has 0 atom stereocenters. The summed E-state index contributed by atoms with van der Waals surface area (Å²) in [4.78, 5) is 58.4. The fourth-order valence-corrected chi connectivity index (χ4v) is 5.91. The molecule has 1 aliphatic rings. The normalized spacial score (nSPS) is 13.5. The average molecular weight is 686 g/mol. The molecule has 0 bridgehead atoms. The third kappa shape index (κ3) is 11.2. The summed E-state index contributed by atoms with van der Waals surface area (Å²) in [6.07, 6.45) is 1.56. The number of nitrogens with one attached hydrogen (secondary N) is 2. The van der Waals surface area contributed by atoms with Crippen LogP contribution in [0.2, 0.25) is 0 Å². The number of anilines is 2. The summed E-state index contributed by atoms with van der Waals surface area (Å²) in [6, 6.07) is 24.8. The molecule has 4 rings (SSSR count). The van der Waals surface area contributed by atoms with Gasteiger partial charge in [0.1, 0.15) is 6.10 Å². The van der Waals surface area contributed by atoms with Gasteiger partial charge in [-0.25, -0.2) is 9.69 Å². The van der Waals surface area contributed by atoms with Crippen molar-refractivity contribution in [3.8, 4) is 11.1 Å². The number of carbonyl (C=O) groups excluding carboxylic acids is 4. The van der Waals surface area contributed by atoms with Crippen LogP contribution in [0.1, 0.15) is 36.0 Å². The van der Waals surface area contributed by atoms with Crippen LogP contribution in [0.3, 0.4) is 0 Å². The number of nitrogens with zero attached hydrogens (tertiary/aromatic N) is 4. The highest BCUT2D eigenvalue weighted by Crippen LogP contribution is 2.36. The lowest BCUT2D eigenvalue weighted by molar-refractivity contribution is -0.130. The zero-order chi connectivity index (χ0) is 35.9. The van der Waals surface area contributed by atoms with E-state index in [1.54, 1.807) is 41.1 Å². The van der Waals surface area contributed by atoms with Gasteiger partial charge in [0.25, 0.3) is 5.91 Å². The van der Waals surface area contributed by atoms with Gasteiger partial charge in [-0.15, -0.1) is 0 Å². The lowest BCUT2D eigenvalue weighted by Crippen LogP contribution is -2.44. The van der Waals surface area contributed by atoms with E-state index >= 15 is 0 Å². The van der Waals surface area contributed by atoms with Crippen molar-refractivity contribution in [1.82, 2.24) is 25.3 Å². The van der Waals surface area contributed by atoms with E-state index in [-0.39, 0.29) is 43.3 Å². The average Bonchev–Trinajstić information content (AvgIpc) is 3.12. The molecule has 1 saturated heterocycles. The van der Waals surface area contributed by atoms with Crippen LogP contribution in [-0.4, -0.2) is 118 Å². The first-order valence-electron chi connectivity index (χ1n) is 17.3. The maximum Gasteiger partial charge on any atom is 0.419 e. The van der Waals surface area contributed by atoms with Crippen LogP contribution in [0.5, 0.6) is 0 Å². The van der Waals surface area contributed by atoms with Gasteiger partial charge in [0.15, 0.2) is 0 Å². The van der Waals surface area contributed by atoms with Gasteiger partial charge in [0.05, 0.1) is 17.9 Å². The number of piperidine rings is 1. The van der Waals surface area contributed by atoms with Gasteiger partial charge < -0.3 is 25.6 Å². The Morgan fingerprint density at radius 1 is 0.880 bits per heavy atom. The van der Waals surface area contributed by atoms with E-state index in [0.29, 0.717) is 42.9 Å². The van der Waals surface area contributed by atoms with E-state index in [1.165, 1.54) is 0 Å². The molecule has 0 radical (unpaired) electrons. The zero-order valence-corrected chi connectivity index (χ0v) is 29.5. The predicted octanol–water partition coefficient (Wildman–Crippen LogP) is 3.70. The van der Waals surface area contributed by atoms with E-state index in [2.05, 4.69) is 15.5 Å². The lowest BCUT2D eigenvalue weighted by atomic mass is 10.0. The number of para-hydroxylation sites is 1. The molecule has 3 aromatic rings. The summed E-state index contributed by atoms with van der Waals surface area (Å²) in [5.74, 6) is -0.787. The first-order valence-corrected chi connectivity index (χ1v) is 17.3. The van der Waals surface area contributed by atoms with E-state index in [0.717, 1.165) is 43.7 Å². The summed E-state index contributed by atoms with van der Waals surface area (Å²) >= 11 is 0. The largest absolute Gasteiger partial charge is 0.445 e. The second kappa shape index (κ2) is 19.5. The number of rotatable bonds is 16. The molecule has 1 fully saturated rings. The van der Waals surface area contributed by atoms with Crippen molar-refractivity contribution in [3.63, 3.8) is 0 Å². The smallest absolute Gasteiger partial charge is 0.419 e. The third-order valence-electron chi connectivity index (χ3n) is 8.72. The number of likely N-dealkylation sites (tertiary alicyclic amines) is 1. The van der Waals surface area contributed by atoms with Crippen LogP contribution in [0, 0.1) is 0 Å². The Morgan fingerprint density at radius 2 is 1.56 bits per heavy atom.